The maximum absolute atomic E-state index is 8.91. The highest BCUT2D eigenvalue weighted by Gasteiger charge is 2.01. The third kappa shape index (κ3) is 6.73. The van der Waals surface area contributed by atoms with Crippen LogP contribution in [-0.2, 0) is 13.2 Å². The number of aliphatic hydroxyl groups is 1. The van der Waals surface area contributed by atoms with Gasteiger partial charge in [0.1, 0.15) is 0 Å². The van der Waals surface area contributed by atoms with Crippen LogP contribution < -0.4 is 4.57 Å². The van der Waals surface area contributed by atoms with E-state index in [1.807, 2.05) is 70.4 Å². The Morgan fingerprint density at radius 3 is 1.79 bits per heavy atom. The first kappa shape index (κ1) is 17.3. The van der Waals surface area contributed by atoms with Crippen molar-refractivity contribution in [1.82, 2.24) is 0 Å². The molecule has 1 N–H and O–H groups in total. The number of aliphatic hydroxyl groups excluding tert-OH is 1. The van der Waals surface area contributed by atoms with Crippen molar-refractivity contribution < 1.29 is 9.67 Å². The zero-order valence-electron chi connectivity index (χ0n) is 12.5. The Balaban J connectivity index is 0.000000741. The lowest BCUT2D eigenvalue weighted by Gasteiger charge is -1.98. The summed E-state index contributed by atoms with van der Waals surface area (Å²) in [5.41, 5.74) is 2.22. The molecular weight excluding hydrogens is 234 g/mol. The van der Waals surface area contributed by atoms with Crippen molar-refractivity contribution >= 4 is 0 Å². The highest BCUT2D eigenvalue weighted by Crippen LogP contribution is 1.98. The number of benzene rings is 1. The Hall–Kier alpha value is -1.67. The Labute approximate surface area is 117 Å². The molecule has 0 spiro atoms. The van der Waals surface area contributed by atoms with Crippen LogP contribution in [0.1, 0.15) is 38.8 Å². The summed E-state index contributed by atoms with van der Waals surface area (Å²) in [5.74, 6) is 0. The molecule has 1 aromatic heterocycles. The molecule has 0 fully saturated rings. The van der Waals surface area contributed by atoms with Gasteiger partial charge in [-0.1, -0.05) is 58.0 Å². The molecule has 1 aromatic carbocycles. The minimum atomic E-state index is 0.103. The van der Waals surface area contributed by atoms with Crippen LogP contribution in [0.5, 0.6) is 0 Å². The first-order chi connectivity index (χ1) is 9.38. The fourth-order valence-corrected chi connectivity index (χ4v) is 1.49. The first-order valence-corrected chi connectivity index (χ1v) is 7.01. The van der Waals surface area contributed by atoms with E-state index in [4.69, 9.17) is 5.11 Å². The minimum absolute atomic E-state index is 0.103. The Morgan fingerprint density at radius 1 is 0.789 bits per heavy atom. The average Bonchev–Trinajstić information content (AvgIpc) is 2.53. The van der Waals surface area contributed by atoms with Gasteiger partial charge in [-0.25, -0.2) is 4.57 Å². The predicted octanol–water partition coefficient (Wildman–Crippen LogP) is 3.57. The second-order valence-electron chi connectivity index (χ2n) is 3.52. The van der Waals surface area contributed by atoms with Crippen LogP contribution in [0.25, 0.3) is 0 Å². The summed E-state index contributed by atoms with van der Waals surface area (Å²) in [5, 5.41) is 8.91. The first-order valence-electron chi connectivity index (χ1n) is 7.01. The van der Waals surface area contributed by atoms with Crippen molar-refractivity contribution in [3.63, 3.8) is 0 Å². The van der Waals surface area contributed by atoms with Gasteiger partial charge in [0, 0.05) is 17.7 Å². The second kappa shape index (κ2) is 11.4. The minimum Gasteiger partial charge on any atom is -0.392 e. The average molecular weight is 260 g/mol. The zero-order chi connectivity index (χ0) is 14.5. The number of pyridine rings is 1. The lowest BCUT2D eigenvalue weighted by molar-refractivity contribution is -0.688. The lowest BCUT2D eigenvalue weighted by Crippen LogP contribution is -2.33. The Bertz CT molecular complexity index is 409. The second-order valence-corrected chi connectivity index (χ2v) is 3.52. The van der Waals surface area contributed by atoms with E-state index in [0.29, 0.717) is 0 Å². The summed E-state index contributed by atoms with van der Waals surface area (Å²) in [6.45, 7) is 8.97. The summed E-state index contributed by atoms with van der Waals surface area (Å²) in [6.07, 6.45) is 3.97. The van der Waals surface area contributed by atoms with E-state index in [9.17, 15) is 0 Å². The molecule has 19 heavy (non-hydrogen) atoms. The standard InChI is InChI=1S/C13H14NO.2C2H6/c15-11-13-6-8-14(9-7-13)10-12-4-2-1-3-5-12;2*1-2/h1-9,15H,10-11H2;2*1-2H3/q+1;;. The fourth-order valence-electron chi connectivity index (χ4n) is 1.49. The number of nitrogens with zero attached hydrogens (tertiary/aromatic N) is 1. The van der Waals surface area contributed by atoms with Crippen LogP contribution in [0.3, 0.4) is 0 Å². The molecule has 0 aliphatic carbocycles. The van der Waals surface area contributed by atoms with E-state index < -0.39 is 0 Å². The van der Waals surface area contributed by atoms with E-state index in [0.717, 1.165) is 12.1 Å². The van der Waals surface area contributed by atoms with Gasteiger partial charge in [-0.15, -0.1) is 0 Å². The van der Waals surface area contributed by atoms with Crippen molar-refractivity contribution in [2.45, 2.75) is 40.8 Å². The summed E-state index contributed by atoms with van der Waals surface area (Å²) < 4.78 is 2.09. The molecule has 0 aliphatic heterocycles. The van der Waals surface area contributed by atoms with Crippen molar-refractivity contribution in [2.75, 3.05) is 0 Å². The summed E-state index contributed by atoms with van der Waals surface area (Å²) in [7, 11) is 0. The monoisotopic (exact) mass is 260 g/mol. The molecule has 2 heteroatoms. The molecule has 104 valence electrons. The molecule has 0 saturated heterocycles. The van der Waals surface area contributed by atoms with Gasteiger partial charge < -0.3 is 5.11 Å². The molecule has 0 atom stereocenters. The zero-order valence-corrected chi connectivity index (χ0v) is 12.5. The molecule has 0 unspecified atom stereocenters. The van der Waals surface area contributed by atoms with Gasteiger partial charge in [-0.3, -0.25) is 0 Å². The summed E-state index contributed by atoms with van der Waals surface area (Å²) in [4.78, 5) is 0. The largest absolute Gasteiger partial charge is 0.392 e. The van der Waals surface area contributed by atoms with Crippen LogP contribution in [0, 0.1) is 0 Å². The van der Waals surface area contributed by atoms with Gasteiger partial charge in [0.05, 0.1) is 6.61 Å². The van der Waals surface area contributed by atoms with Gasteiger partial charge in [0.15, 0.2) is 18.9 Å². The Morgan fingerprint density at radius 2 is 1.32 bits per heavy atom. The van der Waals surface area contributed by atoms with Crippen molar-refractivity contribution in [3.8, 4) is 0 Å². The van der Waals surface area contributed by atoms with Crippen molar-refractivity contribution in [1.29, 1.82) is 0 Å². The molecule has 2 nitrogen and oxygen atoms in total. The molecule has 1 heterocycles. The van der Waals surface area contributed by atoms with Gasteiger partial charge >= 0.3 is 0 Å². The summed E-state index contributed by atoms with van der Waals surface area (Å²) >= 11 is 0. The third-order valence-electron chi connectivity index (χ3n) is 2.35. The van der Waals surface area contributed by atoms with E-state index in [-0.39, 0.29) is 6.61 Å². The van der Waals surface area contributed by atoms with E-state index in [2.05, 4.69) is 16.7 Å². The quantitative estimate of drug-likeness (QED) is 0.838. The maximum Gasteiger partial charge on any atom is 0.173 e. The van der Waals surface area contributed by atoms with Crippen LogP contribution in [-0.4, -0.2) is 5.11 Å². The molecule has 0 amide bonds. The highest BCUT2D eigenvalue weighted by atomic mass is 16.3. The molecule has 2 aromatic rings. The SMILES string of the molecule is CC.CC.OCc1cc[n+](Cc2ccccc2)cc1. The van der Waals surface area contributed by atoms with Crippen LogP contribution in [0.2, 0.25) is 0 Å². The van der Waals surface area contributed by atoms with Gasteiger partial charge in [-0.05, 0) is 5.56 Å². The molecule has 0 bridgehead atoms. The van der Waals surface area contributed by atoms with Crippen LogP contribution in [0.4, 0.5) is 0 Å². The maximum atomic E-state index is 8.91. The molecule has 2 rings (SSSR count). The summed E-state index contributed by atoms with van der Waals surface area (Å²) in [6, 6.07) is 14.2. The topological polar surface area (TPSA) is 24.1 Å². The number of rotatable bonds is 3. The lowest BCUT2D eigenvalue weighted by atomic mass is 10.2. The predicted molar refractivity (Wildman–Crippen MR) is 80.8 cm³/mol. The number of hydrogen-bond acceptors (Lipinski definition) is 1. The normalized spacial score (nSPS) is 8.68. The molecule has 0 radical (unpaired) electrons. The smallest absolute Gasteiger partial charge is 0.173 e. The third-order valence-corrected chi connectivity index (χ3v) is 2.35. The van der Waals surface area contributed by atoms with Crippen LogP contribution in [0.15, 0.2) is 54.9 Å². The van der Waals surface area contributed by atoms with E-state index in [1.54, 1.807) is 0 Å². The number of aromatic nitrogens is 1. The van der Waals surface area contributed by atoms with Crippen molar-refractivity contribution in [2.24, 2.45) is 0 Å². The molecular formula is C17H26NO+. The fraction of sp³-hybridized carbons (Fsp3) is 0.353. The number of hydrogen-bond donors (Lipinski definition) is 1. The van der Waals surface area contributed by atoms with Crippen molar-refractivity contribution in [3.05, 3.63) is 66.0 Å². The van der Waals surface area contributed by atoms with Gasteiger partial charge in [-0.2, -0.15) is 0 Å². The molecule has 0 aliphatic rings. The van der Waals surface area contributed by atoms with E-state index >= 15 is 0 Å². The highest BCUT2D eigenvalue weighted by molar-refractivity contribution is 5.13. The van der Waals surface area contributed by atoms with E-state index in [1.165, 1.54) is 5.56 Å². The molecule has 0 saturated carbocycles. The van der Waals surface area contributed by atoms with Crippen LogP contribution >= 0.6 is 0 Å². The van der Waals surface area contributed by atoms with Gasteiger partial charge in [0.2, 0.25) is 0 Å². The van der Waals surface area contributed by atoms with Gasteiger partial charge in [0.25, 0.3) is 0 Å². The Kier molecular flexibility index (Phi) is 10.4.